The summed E-state index contributed by atoms with van der Waals surface area (Å²) in [4.78, 5) is 13.8. The highest BCUT2D eigenvalue weighted by Crippen LogP contribution is 2.23. The molecular weight excluding hydrogens is 254 g/mol. The lowest BCUT2D eigenvalue weighted by Gasteiger charge is -2.35. The normalized spacial score (nSPS) is 25.6. The van der Waals surface area contributed by atoms with Gasteiger partial charge in [0.2, 0.25) is 0 Å². The molecule has 0 aromatic rings. The third-order valence-electron chi connectivity index (χ3n) is 4.01. The summed E-state index contributed by atoms with van der Waals surface area (Å²) < 4.78 is 5.43. The van der Waals surface area contributed by atoms with Gasteiger partial charge in [0.05, 0.1) is 0 Å². The second-order valence-corrected chi connectivity index (χ2v) is 7.00. The molecule has 1 unspecified atom stereocenters. The Bertz CT molecular complexity index is 314. The average Bonchev–Trinajstić information content (AvgIpc) is 2.39. The summed E-state index contributed by atoms with van der Waals surface area (Å²) in [6.07, 6.45) is 3.25. The Balaban J connectivity index is 1.70. The van der Waals surface area contributed by atoms with Gasteiger partial charge in [-0.2, -0.15) is 0 Å². The molecule has 0 radical (unpaired) electrons. The Morgan fingerprint density at radius 3 is 2.50 bits per heavy atom. The Kier molecular flexibility index (Phi) is 5.27. The van der Waals surface area contributed by atoms with Crippen LogP contribution in [0.2, 0.25) is 0 Å². The van der Waals surface area contributed by atoms with E-state index in [1.807, 2.05) is 25.7 Å². The van der Waals surface area contributed by atoms with E-state index in [4.69, 9.17) is 4.74 Å². The highest BCUT2D eigenvalue weighted by atomic mass is 16.6. The molecule has 2 aliphatic rings. The van der Waals surface area contributed by atoms with Crippen LogP contribution in [0.5, 0.6) is 0 Å². The van der Waals surface area contributed by atoms with Crippen LogP contribution in [0.3, 0.4) is 0 Å². The van der Waals surface area contributed by atoms with Crippen molar-refractivity contribution < 1.29 is 9.53 Å². The number of piperazine rings is 1. The third-order valence-corrected chi connectivity index (χ3v) is 4.01. The molecule has 2 N–H and O–H groups in total. The number of nitrogens with zero attached hydrogens (tertiary/aromatic N) is 1. The summed E-state index contributed by atoms with van der Waals surface area (Å²) in [5, 5.41) is 6.99. The van der Waals surface area contributed by atoms with Crippen molar-refractivity contribution in [1.82, 2.24) is 15.5 Å². The number of hydrogen-bond donors (Lipinski definition) is 2. The van der Waals surface area contributed by atoms with E-state index >= 15 is 0 Å². The number of piperidine rings is 1. The molecule has 0 saturated carbocycles. The molecule has 2 rings (SSSR count). The minimum Gasteiger partial charge on any atom is -0.444 e. The van der Waals surface area contributed by atoms with E-state index in [-0.39, 0.29) is 6.09 Å². The van der Waals surface area contributed by atoms with Crippen LogP contribution in [-0.2, 0) is 4.74 Å². The highest BCUT2D eigenvalue weighted by Gasteiger charge is 2.28. The minimum atomic E-state index is -0.397. The molecule has 5 heteroatoms. The van der Waals surface area contributed by atoms with E-state index in [1.54, 1.807) is 0 Å². The first-order valence-electron chi connectivity index (χ1n) is 7.86. The minimum absolute atomic E-state index is 0.159. The lowest BCUT2D eigenvalue weighted by molar-refractivity contribution is 0.0177. The Morgan fingerprint density at radius 2 is 1.95 bits per heavy atom. The predicted octanol–water partition coefficient (Wildman–Crippen LogP) is 1.58. The highest BCUT2D eigenvalue weighted by molar-refractivity contribution is 5.68. The van der Waals surface area contributed by atoms with Crippen molar-refractivity contribution in [2.75, 3.05) is 32.7 Å². The zero-order chi connectivity index (χ0) is 14.6. The summed E-state index contributed by atoms with van der Waals surface area (Å²) in [6.45, 7) is 10.6. The quantitative estimate of drug-likeness (QED) is 0.808. The maximum absolute atomic E-state index is 12.0. The first kappa shape index (κ1) is 15.6. The monoisotopic (exact) mass is 283 g/mol. The average molecular weight is 283 g/mol. The number of carbonyl (C=O) groups is 1. The summed E-state index contributed by atoms with van der Waals surface area (Å²) in [7, 11) is 0. The fourth-order valence-corrected chi connectivity index (χ4v) is 2.96. The molecule has 2 saturated heterocycles. The van der Waals surface area contributed by atoms with E-state index in [0.29, 0.717) is 6.04 Å². The van der Waals surface area contributed by atoms with Crippen LogP contribution < -0.4 is 10.6 Å². The van der Waals surface area contributed by atoms with E-state index in [1.165, 1.54) is 6.42 Å². The maximum Gasteiger partial charge on any atom is 0.410 e. The number of amides is 1. The molecule has 0 aliphatic carbocycles. The molecule has 5 nitrogen and oxygen atoms in total. The molecule has 2 heterocycles. The first-order chi connectivity index (χ1) is 9.44. The SMILES string of the molecule is CC(C)(C)OC(=O)N1CCC(CC2CNCCN2)CC1. The van der Waals surface area contributed by atoms with Gasteiger partial charge in [0.1, 0.15) is 5.60 Å². The molecule has 1 atom stereocenters. The van der Waals surface area contributed by atoms with Crippen molar-refractivity contribution in [2.24, 2.45) is 5.92 Å². The lowest BCUT2D eigenvalue weighted by Crippen LogP contribution is -2.50. The molecule has 2 aliphatic heterocycles. The van der Waals surface area contributed by atoms with E-state index in [0.717, 1.165) is 51.5 Å². The fraction of sp³-hybridized carbons (Fsp3) is 0.933. The van der Waals surface area contributed by atoms with Crippen LogP contribution in [0.1, 0.15) is 40.0 Å². The zero-order valence-corrected chi connectivity index (χ0v) is 13.1. The maximum atomic E-state index is 12.0. The van der Waals surface area contributed by atoms with Gasteiger partial charge in [0.25, 0.3) is 0 Å². The van der Waals surface area contributed by atoms with E-state index < -0.39 is 5.60 Å². The Hall–Kier alpha value is -0.810. The van der Waals surface area contributed by atoms with E-state index in [9.17, 15) is 4.79 Å². The van der Waals surface area contributed by atoms with Crippen LogP contribution in [0.25, 0.3) is 0 Å². The standard InChI is InChI=1S/C15H29N3O2/c1-15(2,3)20-14(19)18-8-4-12(5-9-18)10-13-11-16-6-7-17-13/h12-13,16-17H,4-11H2,1-3H3. The number of carbonyl (C=O) groups excluding carboxylic acids is 1. The van der Waals surface area contributed by atoms with Crippen molar-refractivity contribution in [3.05, 3.63) is 0 Å². The van der Waals surface area contributed by atoms with Crippen molar-refractivity contribution in [3.8, 4) is 0 Å². The molecule has 0 spiro atoms. The van der Waals surface area contributed by atoms with Crippen LogP contribution in [0.15, 0.2) is 0 Å². The van der Waals surface area contributed by atoms with E-state index in [2.05, 4.69) is 10.6 Å². The van der Waals surface area contributed by atoms with Gasteiger partial charge >= 0.3 is 6.09 Å². The topological polar surface area (TPSA) is 53.6 Å². The van der Waals surface area contributed by atoms with Crippen LogP contribution in [0, 0.1) is 5.92 Å². The summed E-state index contributed by atoms with van der Waals surface area (Å²) in [5.41, 5.74) is -0.397. The van der Waals surface area contributed by atoms with Crippen LogP contribution >= 0.6 is 0 Å². The first-order valence-corrected chi connectivity index (χ1v) is 7.86. The molecule has 0 bridgehead atoms. The van der Waals surface area contributed by atoms with Gasteiger partial charge in [-0.05, 0) is 46.0 Å². The number of rotatable bonds is 2. The lowest BCUT2D eigenvalue weighted by atomic mass is 9.90. The molecule has 116 valence electrons. The molecule has 0 aromatic heterocycles. The molecule has 0 aromatic carbocycles. The summed E-state index contributed by atoms with van der Waals surface area (Å²) in [5.74, 6) is 0.728. The number of nitrogens with one attached hydrogen (secondary N) is 2. The van der Waals surface area contributed by atoms with Gasteiger partial charge < -0.3 is 20.3 Å². The molecular formula is C15H29N3O2. The Labute approximate surface area is 122 Å². The van der Waals surface area contributed by atoms with Gasteiger partial charge in [0, 0.05) is 38.8 Å². The van der Waals surface area contributed by atoms with Crippen LogP contribution in [-0.4, -0.2) is 55.4 Å². The Morgan fingerprint density at radius 1 is 1.25 bits per heavy atom. The number of likely N-dealkylation sites (tertiary alicyclic amines) is 1. The van der Waals surface area contributed by atoms with Gasteiger partial charge in [-0.3, -0.25) is 0 Å². The smallest absolute Gasteiger partial charge is 0.410 e. The molecule has 2 fully saturated rings. The largest absolute Gasteiger partial charge is 0.444 e. The van der Waals surface area contributed by atoms with Gasteiger partial charge in [-0.15, -0.1) is 0 Å². The van der Waals surface area contributed by atoms with Crippen molar-refractivity contribution in [1.29, 1.82) is 0 Å². The second-order valence-electron chi connectivity index (χ2n) is 7.00. The van der Waals surface area contributed by atoms with Crippen LogP contribution in [0.4, 0.5) is 4.79 Å². The zero-order valence-electron chi connectivity index (χ0n) is 13.1. The van der Waals surface area contributed by atoms with Crippen molar-refractivity contribution in [3.63, 3.8) is 0 Å². The summed E-state index contributed by atoms with van der Waals surface area (Å²) >= 11 is 0. The fourth-order valence-electron chi connectivity index (χ4n) is 2.96. The number of hydrogen-bond acceptors (Lipinski definition) is 4. The predicted molar refractivity (Wildman–Crippen MR) is 79.8 cm³/mol. The third kappa shape index (κ3) is 4.94. The second kappa shape index (κ2) is 6.76. The van der Waals surface area contributed by atoms with Crippen molar-refractivity contribution in [2.45, 2.75) is 51.7 Å². The van der Waals surface area contributed by atoms with Crippen molar-refractivity contribution >= 4 is 6.09 Å². The van der Waals surface area contributed by atoms with Gasteiger partial charge in [-0.25, -0.2) is 4.79 Å². The molecule has 20 heavy (non-hydrogen) atoms. The van der Waals surface area contributed by atoms with Gasteiger partial charge in [-0.1, -0.05) is 0 Å². The molecule has 1 amide bonds. The number of ether oxygens (including phenoxy) is 1. The van der Waals surface area contributed by atoms with Gasteiger partial charge in [0.15, 0.2) is 0 Å². The summed E-state index contributed by atoms with van der Waals surface area (Å²) in [6, 6.07) is 0.599.